The van der Waals surface area contributed by atoms with Gasteiger partial charge in [0.05, 0.1) is 0 Å². The van der Waals surface area contributed by atoms with Crippen LogP contribution in [0, 0.1) is 23.4 Å². The van der Waals surface area contributed by atoms with Crippen LogP contribution in [0.15, 0.2) is 12.1 Å². The first-order chi connectivity index (χ1) is 12.9. The zero-order valence-corrected chi connectivity index (χ0v) is 17.3. The van der Waals surface area contributed by atoms with Crippen LogP contribution < -0.4 is 0 Å². The van der Waals surface area contributed by atoms with E-state index in [2.05, 4.69) is 6.92 Å². The largest absolute Gasteiger partial charge is 0.353 e. The third-order valence-electron chi connectivity index (χ3n) is 5.54. The van der Waals surface area contributed by atoms with Crippen LogP contribution in [-0.2, 0) is 15.9 Å². The van der Waals surface area contributed by atoms with Gasteiger partial charge in [-0.15, -0.1) is 0 Å². The Morgan fingerprint density at radius 1 is 0.852 bits per heavy atom. The molecule has 0 heterocycles. The lowest BCUT2D eigenvalue weighted by molar-refractivity contribution is -0.230. The van der Waals surface area contributed by atoms with E-state index in [9.17, 15) is 13.2 Å². The highest BCUT2D eigenvalue weighted by molar-refractivity contribution is 5.20. The van der Waals surface area contributed by atoms with Crippen molar-refractivity contribution in [1.82, 2.24) is 0 Å². The lowest BCUT2D eigenvalue weighted by Gasteiger charge is -2.35. The minimum Gasteiger partial charge on any atom is -0.353 e. The molecular weight excluding hydrogens is 353 g/mol. The van der Waals surface area contributed by atoms with Gasteiger partial charge in [0.25, 0.3) is 0 Å². The van der Waals surface area contributed by atoms with Gasteiger partial charge in [0.2, 0.25) is 0 Å². The van der Waals surface area contributed by atoms with Crippen molar-refractivity contribution in [2.24, 2.45) is 5.92 Å². The summed E-state index contributed by atoms with van der Waals surface area (Å²) in [6.07, 6.45) is 9.71. The van der Waals surface area contributed by atoms with Crippen molar-refractivity contribution < 1.29 is 22.6 Å². The lowest BCUT2D eigenvalue weighted by Crippen LogP contribution is -2.39. The SMILES string of the molecule is CCCCCCCCC(CCCc1c(F)cc(F)cc1F)C(C)(OC)OC. The Morgan fingerprint density at radius 2 is 1.37 bits per heavy atom. The predicted octanol–water partition coefficient (Wildman–Crippen LogP) is 6.80. The Hall–Kier alpha value is -1.07. The van der Waals surface area contributed by atoms with Gasteiger partial charge >= 0.3 is 0 Å². The molecule has 156 valence electrons. The highest BCUT2D eigenvalue weighted by atomic mass is 19.1. The number of hydrogen-bond acceptors (Lipinski definition) is 2. The number of hydrogen-bond donors (Lipinski definition) is 0. The van der Waals surface area contributed by atoms with Crippen LogP contribution in [0.25, 0.3) is 0 Å². The molecule has 27 heavy (non-hydrogen) atoms. The molecule has 1 aromatic rings. The summed E-state index contributed by atoms with van der Waals surface area (Å²) in [5, 5.41) is 0. The van der Waals surface area contributed by atoms with Gasteiger partial charge < -0.3 is 9.47 Å². The maximum atomic E-state index is 13.8. The molecule has 0 radical (unpaired) electrons. The minimum atomic E-state index is -0.888. The summed E-state index contributed by atoms with van der Waals surface area (Å²) in [5.74, 6) is -3.11. The molecule has 2 nitrogen and oxygen atoms in total. The molecule has 1 aromatic carbocycles. The van der Waals surface area contributed by atoms with E-state index in [0.29, 0.717) is 6.42 Å². The summed E-state index contributed by atoms with van der Waals surface area (Å²) in [6.45, 7) is 4.11. The van der Waals surface area contributed by atoms with E-state index in [-0.39, 0.29) is 17.9 Å². The van der Waals surface area contributed by atoms with Gasteiger partial charge in [-0.1, -0.05) is 45.4 Å². The van der Waals surface area contributed by atoms with Gasteiger partial charge in [0, 0.05) is 37.8 Å². The molecule has 0 amide bonds. The minimum absolute atomic E-state index is 0.0498. The fourth-order valence-corrected chi connectivity index (χ4v) is 3.59. The van der Waals surface area contributed by atoms with E-state index in [1.807, 2.05) is 6.92 Å². The van der Waals surface area contributed by atoms with Crippen LogP contribution in [0.5, 0.6) is 0 Å². The Kier molecular flexibility index (Phi) is 11.0. The molecule has 1 atom stereocenters. The Bertz CT molecular complexity index is 521. The Balaban J connectivity index is 2.61. The average Bonchev–Trinajstić information content (AvgIpc) is 2.64. The molecule has 0 aliphatic heterocycles. The van der Waals surface area contributed by atoms with Crippen molar-refractivity contribution in [2.45, 2.75) is 83.8 Å². The summed E-state index contributed by atoms with van der Waals surface area (Å²) in [6, 6.07) is 1.47. The van der Waals surface area contributed by atoms with Crippen molar-refractivity contribution in [2.75, 3.05) is 14.2 Å². The molecule has 0 aromatic heterocycles. The maximum absolute atomic E-state index is 13.8. The second-order valence-corrected chi connectivity index (χ2v) is 7.42. The zero-order chi connectivity index (χ0) is 20.3. The zero-order valence-electron chi connectivity index (χ0n) is 17.3. The molecule has 1 rings (SSSR count). The normalized spacial score (nSPS) is 13.1. The molecule has 0 aliphatic rings. The topological polar surface area (TPSA) is 18.5 Å². The number of rotatable bonds is 14. The smallest absolute Gasteiger partial charge is 0.167 e. The number of ether oxygens (including phenoxy) is 2. The van der Waals surface area contributed by atoms with Gasteiger partial charge in [0.15, 0.2) is 5.79 Å². The van der Waals surface area contributed by atoms with Crippen LogP contribution in [-0.4, -0.2) is 20.0 Å². The first kappa shape index (κ1) is 24.0. The lowest BCUT2D eigenvalue weighted by atomic mass is 9.87. The monoisotopic (exact) mass is 388 g/mol. The molecule has 0 fully saturated rings. The van der Waals surface area contributed by atoms with E-state index >= 15 is 0 Å². The Morgan fingerprint density at radius 3 is 1.93 bits per heavy atom. The first-order valence-corrected chi connectivity index (χ1v) is 10.1. The van der Waals surface area contributed by atoms with Crippen LogP contribution in [0.1, 0.15) is 77.2 Å². The van der Waals surface area contributed by atoms with E-state index in [0.717, 1.165) is 31.4 Å². The summed E-state index contributed by atoms with van der Waals surface area (Å²) in [4.78, 5) is 0. The van der Waals surface area contributed by atoms with Gasteiger partial charge in [-0.2, -0.15) is 0 Å². The van der Waals surface area contributed by atoms with Gasteiger partial charge in [-0.05, 0) is 32.6 Å². The van der Waals surface area contributed by atoms with Crippen LogP contribution >= 0.6 is 0 Å². The van der Waals surface area contributed by atoms with E-state index < -0.39 is 23.2 Å². The van der Waals surface area contributed by atoms with E-state index in [1.165, 1.54) is 32.1 Å². The van der Waals surface area contributed by atoms with Crippen molar-refractivity contribution >= 4 is 0 Å². The van der Waals surface area contributed by atoms with Crippen molar-refractivity contribution in [1.29, 1.82) is 0 Å². The Labute approximate surface area is 162 Å². The molecule has 0 saturated carbocycles. The predicted molar refractivity (Wildman–Crippen MR) is 103 cm³/mol. The summed E-state index contributed by atoms with van der Waals surface area (Å²) < 4.78 is 51.9. The van der Waals surface area contributed by atoms with Gasteiger partial charge in [0.1, 0.15) is 17.5 Å². The second kappa shape index (κ2) is 12.4. The molecule has 0 N–H and O–H groups in total. The number of unbranched alkanes of at least 4 members (excludes halogenated alkanes) is 5. The van der Waals surface area contributed by atoms with Gasteiger partial charge in [-0.3, -0.25) is 0 Å². The summed E-state index contributed by atoms with van der Waals surface area (Å²) in [5.41, 5.74) is -0.0498. The number of methoxy groups -OCH3 is 2. The van der Waals surface area contributed by atoms with Crippen LogP contribution in [0.3, 0.4) is 0 Å². The maximum Gasteiger partial charge on any atom is 0.167 e. The van der Waals surface area contributed by atoms with Crippen molar-refractivity contribution in [3.63, 3.8) is 0 Å². The van der Waals surface area contributed by atoms with Crippen LogP contribution in [0.2, 0.25) is 0 Å². The summed E-state index contributed by atoms with van der Waals surface area (Å²) in [7, 11) is 3.24. The first-order valence-electron chi connectivity index (χ1n) is 10.1. The molecule has 1 unspecified atom stereocenters. The highest BCUT2D eigenvalue weighted by Gasteiger charge is 2.33. The van der Waals surface area contributed by atoms with E-state index in [1.54, 1.807) is 14.2 Å². The van der Waals surface area contributed by atoms with Crippen LogP contribution in [0.4, 0.5) is 13.2 Å². The quantitative estimate of drug-likeness (QED) is 0.258. The third-order valence-corrected chi connectivity index (χ3v) is 5.54. The van der Waals surface area contributed by atoms with Gasteiger partial charge in [-0.25, -0.2) is 13.2 Å². The number of benzene rings is 1. The fourth-order valence-electron chi connectivity index (χ4n) is 3.59. The van der Waals surface area contributed by atoms with Crippen molar-refractivity contribution in [3.05, 3.63) is 35.1 Å². The highest BCUT2D eigenvalue weighted by Crippen LogP contribution is 2.32. The van der Waals surface area contributed by atoms with Crippen molar-refractivity contribution in [3.8, 4) is 0 Å². The summed E-state index contributed by atoms with van der Waals surface area (Å²) >= 11 is 0. The molecular formula is C22H35F3O2. The molecule has 0 aliphatic carbocycles. The standard InChI is InChI=1S/C22H35F3O2/c1-5-6-7-8-9-10-12-17(22(2,26-3)27-4)13-11-14-19-20(24)15-18(23)16-21(19)25/h15-17H,5-14H2,1-4H3. The van der Waals surface area contributed by atoms with E-state index in [4.69, 9.17) is 9.47 Å². The third kappa shape index (κ3) is 7.82. The molecule has 0 spiro atoms. The second-order valence-electron chi connectivity index (χ2n) is 7.42. The number of halogens is 3. The molecule has 0 saturated heterocycles. The fraction of sp³-hybridized carbons (Fsp3) is 0.727. The average molecular weight is 389 g/mol. The molecule has 0 bridgehead atoms. The molecule has 5 heteroatoms.